The molecule has 1 saturated heterocycles. The molecule has 1 aliphatic heterocycles. The Morgan fingerprint density at radius 3 is 2.30 bits per heavy atom. The van der Waals surface area contributed by atoms with E-state index in [0.717, 1.165) is 42.6 Å². The number of nitrogens with zero attached hydrogens (tertiary/aromatic N) is 1. The van der Waals surface area contributed by atoms with Gasteiger partial charge in [0.25, 0.3) is 0 Å². The Hall–Kier alpha value is -2.53. The topological polar surface area (TPSA) is 61.4 Å². The zero-order valence-electron chi connectivity index (χ0n) is 15.0. The van der Waals surface area contributed by atoms with E-state index < -0.39 is 5.41 Å². The number of rotatable bonds is 4. The molecule has 0 unspecified atom stereocenters. The van der Waals surface area contributed by atoms with Crippen LogP contribution in [0.25, 0.3) is 0 Å². The monoisotopic (exact) mass is 383 g/mol. The van der Waals surface area contributed by atoms with Crippen LogP contribution in [-0.4, -0.2) is 25.0 Å². The van der Waals surface area contributed by atoms with Gasteiger partial charge < -0.3 is 10.6 Å². The predicted molar refractivity (Wildman–Crippen MR) is 107 cm³/mol. The number of urea groups is 1. The second-order valence-electron chi connectivity index (χ2n) is 7.18. The lowest BCUT2D eigenvalue weighted by Crippen LogP contribution is -2.38. The van der Waals surface area contributed by atoms with Crippen molar-refractivity contribution in [1.29, 1.82) is 0 Å². The van der Waals surface area contributed by atoms with Crippen LogP contribution >= 0.6 is 11.6 Å². The van der Waals surface area contributed by atoms with E-state index in [0.29, 0.717) is 18.1 Å². The third-order valence-corrected chi connectivity index (χ3v) is 5.83. The van der Waals surface area contributed by atoms with Crippen LogP contribution in [-0.2, 0) is 10.2 Å². The summed E-state index contributed by atoms with van der Waals surface area (Å²) in [5.41, 5.74) is 2.09. The minimum absolute atomic E-state index is 0.0222. The first kappa shape index (κ1) is 17.9. The maximum absolute atomic E-state index is 13.2. The smallest absolute Gasteiger partial charge is 0.321 e. The van der Waals surface area contributed by atoms with Crippen molar-refractivity contribution in [3.05, 3.63) is 59.1 Å². The molecule has 0 aromatic heterocycles. The van der Waals surface area contributed by atoms with Crippen molar-refractivity contribution in [1.82, 2.24) is 5.32 Å². The lowest BCUT2D eigenvalue weighted by atomic mass is 9.78. The highest BCUT2D eigenvalue weighted by Gasteiger charge is 2.42. The van der Waals surface area contributed by atoms with Crippen LogP contribution in [0.15, 0.2) is 48.5 Å². The number of hydrogen-bond acceptors (Lipinski definition) is 2. The van der Waals surface area contributed by atoms with Gasteiger partial charge in [-0.1, -0.05) is 36.6 Å². The average molecular weight is 384 g/mol. The summed E-state index contributed by atoms with van der Waals surface area (Å²) in [7, 11) is 0. The zero-order chi connectivity index (χ0) is 18.9. The van der Waals surface area contributed by atoms with Gasteiger partial charge >= 0.3 is 6.03 Å². The predicted octanol–water partition coefficient (Wildman–Crippen LogP) is 4.32. The quantitative estimate of drug-likeness (QED) is 0.825. The molecule has 5 nitrogen and oxygen atoms in total. The summed E-state index contributed by atoms with van der Waals surface area (Å²) >= 11 is 6.02. The lowest BCUT2D eigenvalue weighted by Gasteiger charge is -2.28. The standard InChI is InChI=1S/C21H22ClN3O2/c22-16-5-3-15(4-6-16)21(11-1-2-12-21)19(26)24-17-7-9-18(10-8-17)25-14-13-23-20(25)27/h3-10H,1-2,11-14H2,(H,23,27)(H,24,26). The molecule has 2 aliphatic rings. The average Bonchev–Trinajstić information content (AvgIpc) is 3.33. The van der Waals surface area contributed by atoms with E-state index in [9.17, 15) is 9.59 Å². The lowest BCUT2D eigenvalue weighted by molar-refractivity contribution is -0.121. The molecule has 0 atom stereocenters. The molecule has 1 saturated carbocycles. The van der Waals surface area contributed by atoms with Gasteiger partial charge in [0.15, 0.2) is 0 Å². The van der Waals surface area contributed by atoms with Gasteiger partial charge in [0.05, 0.1) is 5.41 Å². The summed E-state index contributed by atoms with van der Waals surface area (Å²) in [5, 5.41) is 6.54. The Kier molecular flexibility index (Phi) is 4.79. The molecule has 4 rings (SSSR count). The number of carbonyl (C=O) groups is 2. The van der Waals surface area contributed by atoms with Crippen LogP contribution < -0.4 is 15.5 Å². The highest BCUT2D eigenvalue weighted by Crippen LogP contribution is 2.42. The van der Waals surface area contributed by atoms with Crippen molar-refractivity contribution in [2.45, 2.75) is 31.1 Å². The van der Waals surface area contributed by atoms with Crippen LogP contribution in [0.2, 0.25) is 5.02 Å². The van der Waals surface area contributed by atoms with E-state index in [1.54, 1.807) is 4.90 Å². The number of halogens is 1. The Morgan fingerprint density at radius 1 is 1.04 bits per heavy atom. The number of hydrogen-bond donors (Lipinski definition) is 2. The largest absolute Gasteiger partial charge is 0.336 e. The second-order valence-corrected chi connectivity index (χ2v) is 7.62. The fourth-order valence-electron chi connectivity index (χ4n) is 4.09. The number of amides is 3. The SMILES string of the molecule is O=C1NCCN1c1ccc(NC(=O)C2(c3ccc(Cl)cc3)CCCC2)cc1. The van der Waals surface area contributed by atoms with E-state index in [-0.39, 0.29) is 11.9 Å². The van der Waals surface area contributed by atoms with Gasteiger partial charge in [-0.05, 0) is 54.8 Å². The van der Waals surface area contributed by atoms with E-state index >= 15 is 0 Å². The number of nitrogens with one attached hydrogen (secondary N) is 2. The van der Waals surface area contributed by atoms with Crippen LogP contribution in [0, 0.1) is 0 Å². The van der Waals surface area contributed by atoms with E-state index in [1.807, 2.05) is 48.5 Å². The Labute approximate surface area is 163 Å². The Bertz CT molecular complexity index is 843. The van der Waals surface area contributed by atoms with Crippen LogP contribution in [0.5, 0.6) is 0 Å². The van der Waals surface area contributed by atoms with E-state index in [1.165, 1.54) is 0 Å². The third-order valence-electron chi connectivity index (χ3n) is 5.58. The summed E-state index contributed by atoms with van der Waals surface area (Å²) in [4.78, 5) is 26.7. The Morgan fingerprint density at radius 2 is 1.70 bits per heavy atom. The highest BCUT2D eigenvalue weighted by atomic mass is 35.5. The minimum atomic E-state index is -0.502. The first-order valence-electron chi connectivity index (χ1n) is 9.31. The van der Waals surface area contributed by atoms with Gasteiger partial charge in [0.2, 0.25) is 5.91 Å². The van der Waals surface area contributed by atoms with E-state index in [4.69, 9.17) is 11.6 Å². The molecule has 2 N–H and O–H groups in total. The normalized spacial score (nSPS) is 18.4. The van der Waals surface area contributed by atoms with Gasteiger partial charge in [-0.3, -0.25) is 9.69 Å². The molecule has 0 radical (unpaired) electrons. The van der Waals surface area contributed by atoms with Crippen molar-refractivity contribution in [3.8, 4) is 0 Å². The number of carbonyl (C=O) groups excluding carboxylic acids is 2. The second kappa shape index (κ2) is 7.24. The van der Waals surface area contributed by atoms with Crippen LogP contribution in [0.3, 0.4) is 0 Å². The van der Waals surface area contributed by atoms with Gasteiger partial charge in [0, 0.05) is 29.5 Å². The molecule has 27 heavy (non-hydrogen) atoms. The van der Waals surface area contributed by atoms with Crippen molar-refractivity contribution < 1.29 is 9.59 Å². The molecule has 3 amide bonds. The molecule has 140 valence electrons. The summed E-state index contributed by atoms with van der Waals surface area (Å²) in [6, 6.07) is 15.0. The van der Waals surface area contributed by atoms with Crippen molar-refractivity contribution in [2.24, 2.45) is 0 Å². The first-order chi connectivity index (χ1) is 13.1. The van der Waals surface area contributed by atoms with Crippen molar-refractivity contribution in [2.75, 3.05) is 23.3 Å². The van der Waals surface area contributed by atoms with E-state index in [2.05, 4.69) is 10.6 Å². The number of anilines is 2. The van der Waals surface area contributed by atoms with Gasteiger partial charge in [-0.15, -0.1) is 0 Å². The molecule has 1 aliphatic carbocycles. The zero-order valence-corrected chi connectivity index (χ0v) is 15.8. The molecular formula is C21H22ClN3O2. The molecule has 1 heterocycles. The molecule has 2 aromatic carbocycles. The maximum Gasteiger partial charge on any atom is 0.321 e. The van der Waals surface area contributed by atoms with Crippen molar-refractivity contribution >= 4 is 34.9 Å². The first-order valence-corrected chi connectivity index (χ1v) is 9.69. The molecule has 2 fully saturated rings. The molecule has 2 aromatic rings. The molecule has 6 heteroatoms. The fraction of sp³-hybridized carbons (Fsp3) is 0.333. The number of benzene rings is 2. The summed E-state index contributed by atoms with van der Waals surface area (Å²) in [6.45, 7) is 1.31. The summed E-state index contributed by atoms with van der Waals surface area (Å²) < 4.78 is 0. The molecule has 0 spiro atoms. The molecular weight excluding hydrogens is 362 g/mol. The summed E-state index contributed by atoms with van der Waals surface area (Å²) in [6.07, 6.45) is 3.76. The van der Waals surface area contributed by atoms with Gasteiger partial charge in [0.1, 0.15) is 0 Å². The Balaban J connectivity index is 1.53. The third kappa shape index (κ3) is 3.39. The highest BCUT2D eigenvalue weighted by molar-refractivity contribution is 6.30. The van der Waals surface area contributed by atoms with Gasteiger partial charge in [-0.2, -0.15) is 0 Å². The summed E-state index contributed by atoms with van der Waals surface area (Å²) in [5.74, 6) is 0.0222. The van der Waals surface area contributed by atoms with Gasteiger partial charge in [-0.25, -0.2) is 4.79 Å². The maximum atomic E-state index is 13.2. The van der Waals surface area contributed by atoms with Crippen LogP contribution in [0.4, 0.5) is 16.2 Å². The molecule has 0 bridgehead atoms. The van der Waals surface area contributed by atoms with Crippen LogP contribution in [0.1, 0.15) is 31.2 Å². The van der Waals surface area contributed by atoms with Crippen molar-refractivity contribution in [3.63, 3.8) is 0 Å². The minimum Gasteiger partial charge on any atom is -0.336 e. The fourth-order valence-corrected chi connectivity index (χ4v) is 4.21.